The van der Waals surface area contributed by atoms with Gasteiger partial charge in [0.2, 0.25) is 5.91 Å². The van der Waals surface area contributed by atoms with Crippen molar-refractivity contribution in [2.45, 2.75) is 32.7 Å². The van der Waals surface area contributed by atoms with E-state index in [2.05, 4.69) is 26.6 Å². The fourth-order valence-corrected chi connectivity index (χ4v) is 2.72. The maximum Gasteiger partial charge on any atom is 0.227 e. The Morgan fingerprint density at radius 3 is 2.68 bits per heavy atom. The molecule has 2 unspecified atom stereocenters. The number of nitrogens with one attached hydrogen (secondary N) is 2. The molecule has 0 saturated carbocycles. The van der Waals surface area contributed by atoms with Gasteiger partial charge in [-0.2, -0.15) is 0 Å². The third-order valence-corrected chi connectivity index (χ3v) is 4.39. The van der Waals surface area contributed by atoms with Gasteiger partial charge in [-0.15, -0.1) is 0 Å². The molecule has 1 amide bonds. The molecule has 19 heavy (non-hydrogen) atoms. The van der Waals surface area contributed by atoms with Gasteiger partial charge in [-0.25, -0.2) is 0 Å². The Hall–Kier alpha value is -0.870. The summed E-state index contributed by atoms with van der Waals surface area (Å²) in [7, 11) is 0. The average molecular weight is 325 g/mol. The number of piperidine rings is 1. The molecule has 0 aromatic heterocycles. The van der Waals surface area contributed by atoms with E-state index in [-0.39, 0.29) is 17.4 Å². The number of carbonyl (C=O) groups excluding carboxylic acids is 1. The third-order valence-electron chi connectivity index (χ3n) is 3.86. The molecule has 0 aliphatic carbocycles. The SMILES string of the molecule is CC(NC(=O)C1(C)CCCNC1)c1ccc(Br)cc1. The lowest BCUT2D eigenvalue weighted by molar-refractivity contribution is -0.131. The Labute approximate surface area is 123 Å². The molecular weight excluding hydrogens is 304 g/mol. The van der Waals surface area contributed by atoms with Crippen LogP contribution in [0.3, 0.4) is 0 Å². The predicted octanol–water partition coefficient (Wildman–Crippen LogP) is 3.02. The van der Waals surface area contributed by atoms with Crippen LogP contribution in [0.15, 0.2) is 28.7 Å². The molecule has 1 aromatic rings. The Kier molecular flexibility index (Phi) is 4.63. The zero-order chi connectivity index (χ0) is 13.9. The van der Waals surface area contributed by atoms with Crippen LogP contribution in [0.25, 0.3) is 0 Å². The minimum Gasteiger partial charge on any atom is -0.349 e. The van der Waals surface area contributed by atoms with Gasteiger partial charge in [0.15, 0.2) is 0 Å². The Morgan fingerprint density at radius 1 is 1.42 bits per heavy atom. The zero-order valence-electron chi connectivity index (χ0n) is 11.5. The molecule has 2 atom stereocenters. The van der Waals surface area contributed by atoms with E-state index in [0.717, 1.165) is 36.0 Å². The lowest BCUT2D eigenvalue weighted by atomic mass is 9.81. The van der Waals surface area contributed by atoms with Crippen LogP contribution >= 0.6 is 15.9 Å². The monoisotopic (exact) mass is 324 g/mol. The Morgan fingerprint density at radius 2 is 2.11 bits per heavy atom. The van der Waals surface area contributed by atoms with E-state index in [0.29, 0.717) is 0 Å². The average Bonchev–Trinajstić information content (AvgIpc) is 2.40. The van der Waals surface area contributed by atoms with Gasteiger partial charge in [0.1, 0.15) is 0 Å². The van der Waals surface area contributed by atoms with E-state index >= 15 is 0 Å². The highest BCUT2D eigenvalue weighted by atomic mass is 79.9. The summed E-state index contributed by atoms with van der Waals surface area (Å²) in [4.78, 5) is 12.4. The van der Waals surface area contributed by atoms with Gasteiger partial charge in [-0.05, 0) is 50.9 Å². The normalized spacial score (nSPS) is 24.8. The van der Waals surface area contributed by atoms with Crippen LogP contribution in [0.2, 0.25) is 0 Å². The number of benzene rings is 1. The van der Waals surface area contributed by atoms with E-state index < -0.39 is 0 Å². The summed E-state index contributed by atoms with van der Waals surface area (Å²) in [5.74, 6) is 0.148. The van der Waals surface area contributed by atoms with Crippen LogP contribution in [0.1, 0.15) is 38.3 Å². The molecular formula is C15H21BrN2O. The van der Waals surface area contributed by atoms with E-state index in [4.69, 9.17) is 0 Å². The quantitative estimate of drug-likeness (QED) is 0.897. The summed E-state index contributed by atoms with van der Waals surface area (Å²) in [6, 6.07) is 8.12. The molecule has 1 saturated heterocycles. The van der Waals surface area contributed by atoms with Crippen molar-refractivity contribution in [3.63, 3.8) is 0 Å². The van der Waals surface area contributed by atoms with Gasteiger partial charge < -0.3 is 10.6 Å². The summed E-state index contributed by atoms with van der Waals surface area (Å²) in [6.45, 7) is 5.86. The van der Waals surface area contributed by atoms with Crippen molar-refractivity contribution in [2.24, 2.45) is 5.41 Å². The Balaban J connectivity index is 2.00. The summed E-state index contributed by atoms with van der Waals surface area (Å²) in [5.41, 5.74) is 0.853. The number of amides is 1. The Bertz CT molecular complexity index is 438. The molecule has 2 N–H and O–H groups in total. The number of carbonyl (C=O) groups is 1. The van der Waals surface area contributed by atoms with Crippen LogP contribution in [0.5, 0.6) is 0 Å². The first-order chi connectivity index (χ1) is 9.01. The van der Waals surface area contributed by atoms with E-state index in [1.165, 1.54) is 0 Å². The van der Waals surface area contributed by atoms with Crippen LogP contribution in [-0.2, 0) is 4.79 Å². The number of hydrogen-bond donors (Lipinski definition) is 2. The molecule has 0 bridgehead atoms. The second kappa shape index (κ2) is 6.06. The third kappa shape index (κ3) is 3.57. The summed E-state index contributed by atoms with van der Waals surface area (Å²) in [5, 5.41) is 6.44. The molecule has 104 valence electrons. The smallest absolute Gasteiger partial charge is 0.227 e. The van der Waals surface area contributed by atoms with Gasteiger partial charge >= 0.3 is 0 Å². The second-order valence-electron chi connectivity index (χ2n) is 5.59. The van der Waals surface area contributed by atoms with E-state index in [1.54, 1.807) is 0 Å². The van der Waals surface area contributed by atoms with Gasteiger partial charge in [0.05, 0.1) is 11.5 Å². The van der Waals surface area contributed by atoms with Crippen molar-refractivity contribution >= 4 is 21.8 Å². The maximum absolute atomic E-state index is 12.4. The van der Waals surface area contributed by atoms with Crippen molar-refractivity contribution in [2.75, 3.05) is 13.1 Å². The lowest BCUT2D eigenvalue weighted by Crippen LogP contribution is -2.49. The molecule has 4 heteroatoms. The predicted molar refractivity (Wildman–Crippen MR) is 80.9 cm³/mol. The van der Waals surface area contributed by atoms with Gasteiger partial charge in [-0.3, -0.25) is 4.79 Å². The number of halogens is 1. The first-order valence-corrected chi connectivity index (χ1v) is 7.58. The van der Waals surface area contributed by atoms with Crippen LogP contribution in [0, 0.1) is 5.41 Å². The first-order valence-electron chi connectivity index (χ1n) is 6.78. The summed E-state index contributed by atoms with van der Waals surface area (Å²) < 4.78 is 1.05. The van der Waals surface area contributed by atoms with Crippen LogP contribution < -0.4 is 10.6 Å². The van der Waals surface area contributed by atoms with Crippen LogP contribution in [0.4, 0.5) is 0 Å². The summed E-state index contributed by atoms with van der Waals surface area (Å²) >= 11 is 3.42. The summed E-state index contributed by atoms with van der Waals surface area (Å²) in [6.07, 6.45) is 2.02. The van der Waals surface area contributed by atoms with Crippen LogP contribution in [-0.4, -0.2) is 19.0 Å². The fraction of sp³-hybridized carbons (Fsp3) is 0.533. The van der Waals surface area contributed by atoms with E-state index in [1.807, 2.05) is 38.1 Å². The molecule has 3 nitrogen and oxygen atoms in total. The molecule has 1 aliphatic rings. The molecule has 0 radical (unpaired) electrons. The number of hydrogen-bond acceptors (Lipinski definition) is 2. The standard InChI is InChI=1S/C15H21BrN2O/c1-11(12-4-6-13(16)7-5-12)18-14(19)15(2)8-3-9-17-10-15/h4-7,11,17H,3,8-10H2,1-2H3,(H,18,19). The van der Waals surface area contributed by atoms with Gasteiger partial charge in [-0.1, -0.05) is 28.1 Å². The molecule has 1 aromatic carbocycles. The van der Waals surface area contributed by atoms with Crippen molar-refractivity contribution < 1.29 is 4.79 Å². The van der Waals surface area contributed by atoms with Crippen molar-refractivity contribution in [3.8, 4) is 0 Å². The molecule has 0 spiro atoms. The molecule has 1 heterocycles. The van der Waals surface area contributed by atoms with Crippen molar-refractivity contribution in [1.29, 1.82) is 0 Å². The molecule has 1 fully saturated rings. The minimum absolute atomic E-state index is 0.0411. The van der Waals surface area contributed by atoms with E-state index in [9.17, 15) is 4.79 Å². The van der Waals surface area contributed by atoms with Gasteiger partial charge in [0.25, 0.3) is 0 Å². The minimum atomic E-state index is -0.276. The highest BCUT2D eigenvalue weighted by Crippen LogP contribution is 2.27. The topological polar surface area (TPSA) is 41.1 Å². The first kappa shape index (κ1) is 14.5. The molecule has 1 aliphatic heterocycles. The lowest BCUT2D eigenvalue weighted by Gasteiger charge is -2.33. The second-order valence-corrected chi connectivity index (χ2v) is 6.50. The number of rotatable bonds is 3. The zero-order valence-corrected chi connectivity index (χ0v) is 13.1. The molecule has 2 rings (SSSR count). The van der Waals surface area contributed by atoms with Gasteiger partial charge in [0, 0.05) is 11.0 Å². The fourth-order valence-electron chi connectivity index (χ4n) is 2.46. The van der Waals surface area contributed by atoms with Crippen molar-refractivity contribution in [1.82, 2.24) is 10.6 Å². The largest absolute Gasteiger partial charge is 0.349 e. The van der Waals surface area contributed by atoms with Crippen molar-refractivity contribution in [3.05, 3.63) is 34.3 Å². The highest BCUT2D eigenvalue weighted by molar-refractivity contribution is 9.10. The highest BCUT2D eigenvalue weighted by Gasteiger charge is 2.35. The maximum atomic E-state index is 12.4.